The number of allylic oxidation sites excluding steroid dienone is 3. The summed E-state index contributed by atoms with van der Waals surface area (Å²) in [4.78, 5) is 2.33. The van der Waals surface area contributed by atoms with Gasteiger partial charge < -0.3 is 9.64 Å². The van der Waals surface area contributed by atoms with Crippen LogP contribution < -0.4 is 0 Å². The quantitative estimate of drug-likeness (QED) is 0.585. The van der Waals surface area contributed by atoms with E-state index in [2.05, 4.69) is 44.9 Å². The summed E-state index contributed by atoms with van der Waals surface area (Å²) in [5, 5.41) is 0. The predicted molar refractivity (Wildman–Crippen MR) is 57.7 cm³/mol. The topological polar surface area (TPSA) is 12.5 Å². The summed E-state index contributed by atoms with van der Waals surface area (Å²) in [5.74, 6) is 1.65. The van der Waals surface area contributed by atoms with Gasteiger partial charge in [0.2, 0.25) is 0 Å². The van der Waals surface area contributed by atoms with Crippen LogP contribution in [0, 0.1) is 11.3 Å². The van der Waals surface area contributed by atoms with Crippen LogP contribution in [0.1, 0.15) is 20.8 Å². The van der Waals surface area contributed by atoms with Gasteiger partial charge in [-0.05, 0) is 12.0 Å². The summed E-state index contributed by atoms with van der Waals surface area (Å²) in [6.07, 6.45) is 4.37. The third kappa shape index (κ3) is 1.24. The number of likely N-dealkylation sites (N-methyl/N-ethyl adjacent to an activating group) is 1. The van der Waals surface area contributed by atoms with Crippen molar-refractivity contribution in [3.05, 3.63) is 23.6 Å². The SMILES string of the molecule is C[C@@H]1C=CC2=C(N(C)CCO2)C1(C)C. The molecule has 0 aromatic carbocycles. The zero-order valence-electron chi connectivity index (χ0n) is 9.50. The zero-order valence-corrected chi connectivity index (χ0v) is 9.50. The van der Waals surface area contributed by atoms with Crippen molar-refractivity contribution < 1.29 is 4.74 Å². The summed E-state index contributed by atoms with van der Waals surface area (Å²) in [7, 11) is 2.16. The van der Waals surface area contributed by atoms with Crippen molar-refractivity contribution in [3.63, 3.8) is 0 Å². The first-order chi connectivity index (χ1) is 6.53. The van der Waals surface area contributed by atoms with Crippen LogP contribution in [0.5, 0.6) is 0 Å². The van der Waals surface area contributed by atoms with Crippen LogP contribution in [0.4, 0.5) is 0 Å². The fourth-order valence-electron chi connectivity index (χ4n) is 2.29. The molecule has 78 valence electrons. The smallest absolute Gasteiger partial charge is 0.138 e. The molecule has 1 heterocycles. The second kappa shape index (κ2) is 3.04. The average molecular weight is 193 g/mol. The highest BCUT2D eigenvalue weighted by Gasteiger charge is 2.37. The van der Waals surface area contributed by atoms with E-state index < -0.39 is 0 Å². The number of hydrogen-bond acceptors (Lipinski definition) is 2. The molecule has 14 heavy (non-hydrogen) atoms. The standard InChI is InChI=1S/C12H19NO/c1-9-5-6-10-11(12(9,2)3)13(4)7-8-14-10/h5-6,9H,7-8H2,1-4H3/t9-/m1/s1. The monoisotopic (exact) mass is 193 g/mol. The molecule has 0 unspecified atom stereocenters. The van der Waals surface area contributed by atoms with Gasteiger partial charge >= 0.3 is 0 Å². The van der Waals surface area contributed by atoms with Crippen molar-refractivity contribution in [3.8, 4) is 0 Å². The van der Waals surface area contributed by atoms with E-state index in [1.54, 1.807) is 0 Å². The molecule has 0 aromatic rings. The lowest BCUT2D eigenvalue weighted by atomic mass is 9.73. The molecule has 0 saturated heterocycles. The average Bonchev–Trinajstić information content (AvgIpc) is 2.11. The molecule has 2 nitrogen and oxygen atoms in total. The molecule has 2 rings (SSSR count). The van der Waals surface area contributed by atoms with Gasteiger partial charge in [0.25, 0.3) is 0 Å². The normalized spacial score (nSPS) is 30.0. The first-order valence-corrected chi connectivity index (χ1v) is 5.30. The first-order valence-electron chi connectivity index (χ1n) is 5.30. The van der Waals surface area contributed by atoms with Crippen LogP contribution in [-0.2, 0) is 4.74 Å². The van der Waals surface area contributed by atoms with E-state index in [9.17, 15) is 0 Å². The minimum Gasteiger partial charge on any atom is -0.490 e. The van der Waals surface area contributed by atoms with Gasteiger partial charge in [0.15, 0.2) is 0 Å². The molecule has 2 aliphatic rings. The van der Waals surface area contributed by atoms with Crippen LogP contribution in [0.2, 0.25) is 0 Å². The highest BCUT2D eigenvalue weighted by Crippen LogP contribution is 2.43. The van der Waals surface area contributed by atoms with Gasteiger partial charge in [-0.1, -0.05) is 26.8 Å². The van der Waals surface area contributed by atoms with Gasteiger partial charge in [0.1, 0.15) is 12.4 Å². The maximum atomic E-state index is 5.69. The lowest BCUT2D eigenvalue weighted by Crippen LogP contribution is -2.40. The van der Waals surface area contributed by atoms with E-state index in [4.69, 9.17) is 4.74 Å². The third-order valence-corrected chi connectivity index (χ3v) is 3.58. The lowest BCUT2D eigenvalue weighted by molar-refractivity contribution is 0.107. The van der Waals surface area contributed by atoms with Crippen LogP contribution in [-0.4, -0.2) is 25.1 Å². The number of nitrogens with zero attached hydrogens (tertiary/aromatic N) is 1. The van der Waals surface area contributed by atoms with E-state index in [0.717, 1.165) is 18.9 Å². The molecule has 0 N–H and O–H groups in total. The van der Waals surface area contributed by atoms with Crippen LogP contribution in [0.25, 0.3) is 0 Å². The van der Waals surface area contributed by atoms with Gasteiger partial charge in [-0.3, -0.25) is 0 Å². The van der Waals surface area contributed by atoms with E-state index in [1.807, 2.05) is 0 Å². The Morgan fingerprint density at radius 2 is 2.21 bits per heavy atom. The van der Waals surface area contributed by atoms with E-state index >= 15 is 0 Å². The summed E-state index contributed by atoms with van der Waals surface area (Å²) in [5.41, 5.74) is 1.55. The molecular formula is C12H19NO. The molecule has 1 atom stereocenters. The van der Waals surface area contributed by atoms with Gasteiger partial charge in [-0.15, -0.1) is 0 Å². The van der Waals surface area contributed by atoms with Gasteiger partial charge in [-0.25, -0.2) is 0 Å². The third-order valence-electron chi connectivity index (χ3n) is 3.58. The molecule has 0 amide bonds. The summed E-state index contributed by atoms with van der Waals surface area (Å²) >= 11 is 0. The summed E-state index contributed by atoms with van der Waals surface area (Å²) in [6, 6.07) is 0. The number of hydrogen-bond donors (Lipinski definition) is 0. The summed E-state index contributed by atoms with van der Waals surface area (Å²) in [6.45, 7) is 8.67. The second-order valence-corrected chi connectivity index (χ2v) is 4.85. The maximum absolute atomic E-state index is 5.69. The van der Waals surface area contributed by atoms with Crippen LogP contribution in [0.15, 0.2) is 23.6 Å². The highest BCUT2D eigenvalue weighted by molar-refractivity contribution is 5.32. The van der Waals surface area contributed by atoms with Crippen molar-refractivity contribution in [2.45, 2.75) is 20.8 Å². The maximum Gasteiger partial charge on any atom is 0.138 e. The van der Waals surface area contributed by atoms with E-state index in [0.29, 0.717) is 5.92 Å². The minimum atomic E-state index is 0.194. The van der Waals surface area contributed by atoms with Crippen molar-refractivity contribution >= 4 is 0 Å². The summed E-state index contributed by atoms with van der Waals surface area (Å²) < 4.78 is 5.69. The highest BCUT2D eigenvalue weighted by atomic mass is 16.5. The molecule has 0 aromatic heterocycles. The molecule has 0 radical (unpaired) electrons. The Morgan fingerprint density at radius 1 is 1.50 bits per heavy atom. The molecule has 0 fully saturated rings. The Balaban J connectivity index is 2.45. The number of rotatable bonds is 0. The molecule has 1 aliphatic carbocycles. The lowest BCUT2D eigenvalue weighted by Gasteiger charge is -2.43. The fourth-order valence-corrected chi connectivity index (χ4v) is 2.29. The van der Waals surface area contributed by atoms with Gasteiger partial charge in [-0.2, -0.15) is 0 Å². The molecule has 0 bridgehead atoms. The van der Waals surface area contributed by atoms with E-state index in [1.165, 1.54) is 5.70 Å². The van der Waals surface area contributed by atoms with Crippen LogP contribution >= 0.6 is 0 Å². The largest absolute Gasteiger partial charge is 0.490 e. The number of ether oxygens (including phenoxy) is 1. The molecule has 0 saturated carbocycles. The molecular weight excluding hydrogens is 174 g/mol. The Hall–Kier alpha value is -0.920. The van der Waals surface area contributed by atoms with E-state index in [-0.39, 0.29) is 5.41 Å². The van der Waals surface area contributed by atoms with Crippen LogP contribution in [0.3, 0.4) is 0 Å². The Morgan fingerprint density at radius 3 is 2.93 bits per heavy atom. The Labute approximate surface area is 86.2 Å². The van der Waals surface area contributed by atoms with Crippen molar-refractivity contribution in [2.24, 2.45) is 11.3 Å². The minimum absolute atomic E-state index is 0.194. The molecule has 2 heteroatoms. The Bertz CT molecular complexity index is 301. The molecule has 1 aliphatic heterocycles. The van der Waals surface area contributed by atoms with Gasteiger partial charge in [0, 0.05) is 12.5 Å². The predicted octanol–water partition coefficient (Wildman–Crippen LogP) is 2.39. The Kier molecular flexibility index (Phi) is 2.09. The molecule has 0 spiro atoms. The van der Waals surface area contributed by atoms with Gasteiger partial charge in [0.05, 0.1) is 12.2 Å². The zero-order chi connectivity index (χ0) is 10.3. The first kappa shape index (κ1) is 9.63. The second-order valence-electron chi connectivity index (χ2n) is 4.85. The van der Waals surface area contributed by atoms with Crippen molar-refractivity contribution in [1.29, 1.82) is 0 Å². The van der Waals surface area contributed by atoms with Crippen molar-refractivity contribution in [2.75, 3.05) is 20.2 Å². The van der Waals surface area contributed by atoms with Crippen molar-refractivity contribution in [1.82, 2.24) is 4.90 Å². The fraction of sp³-hybridized carbons (Fsp3) is 0.667.